The lowest BCUT2D eigenvalue weighted by Gasteiger charge is -2.08. The van der Waals surface area contributed by atoms with E-state index in [0.717, 1.165) is 11.3 Å². The van der Waals surface area contributed by atoms with E-state index in [-0.39, 0.29) is 0 Å². The van der Waals surface area contributed by atoms with Crippen LogP contribution in [0.25, 0.3) is 0 Å². The minimum absolute atomic E-state index is 0.507. The van der Waals surface area contributed by atoms with Gasteiger partial charge < -0.3 is 5.11 Å². The highest BCUT2D eigenvalue weighted by Crippen LogP contribution is 2.64. The van der Waals surface area contributed by atoms with Crippen molar-refractivity contribution in [2.45, 2.75) is 38.2 Å². The van der Waals surface area contributed by atoms with Crippen LogP contribution in [0.15, 0.2) is 6.20 Å². The maximum atomic E-state index is 10.6. The minimum Gasteiger partial charge on any atom is -0.384 e. The SMILES string of the molecule is Cc1[nH]ncc1C1(O)C2CCCCC21. The number of H-pyrrole nitrogens is 1. The number of hydrogen-bond donors (Lipinski definition) is 2. The van der Waals surface area contributed by atoms with E-state index < -0.39 is 5.60 Å². The van der Waals surface area contributed by atoms with Crippen molar-refractivity contribution in [1.29, 1.82) is 0 Å². The van der Waals surface area contributed by atoms with E-state index in [0.29, 0.717) is 11.8 Å². The first-order valence-corrected chi connectivity index (χ1v) is 5.47. The van der Waals surface area contributed by atoms with Gasteiger partial charge in [-0.2, -0.15) is 5.10 Å². The molecule has 1 aromatic heterocycles. The molecule has 0 spiro atoms. The normalized spacial score (nSPS) is 40.7. The molecule has 2 fully saturated rings. The van der Waals surface area contributed by atoms with Crippen LogP contribution < -0.4 is 0 Å². The van der Waals surface area contributed by atoms with E-state index in [1.54, 1.807) is 6.20 Å². The van der Waals surface area contributed by atoms with E-state index in [1.165, 1.54) is 25.7 Å². The fourth-order valence-electron chi connectivity index (χ4n) is 3.25. The van der Waals surface area contributed by atoms with Gasteiger partial charge in [-0.05, 0) is 31.6 Å². The fourth-order valence-corrected chi connectivity index (χ4v) is 3.25. The summed E-state index contributed by atoms with van der Waals surface area (Å²) < 4.78 is 0. The number of aromatic nitrogens is 2. The summed E-state index contributed by atoms with van der Waals surface area (Å²) in [6.07, 6.45) is 6.73. The third kappa shape index (κ3) is 0.883. The number of rotatable bonds is 1. The van der Waals surface area contributed by atoms with Gasteiger partial charge in [-0.25, -0.2) is 0 Å². The minimum atomic E-state index is -0.534. The summed E-state index contributed by atoms with van der Waals surface area (Å²) in [5.74, 6) is 1.01. The van der Waals surface area contributed by atoms with Crippen LogP contribution in [0.1, 0.15) is 36.9 Å². The molecule has 0 aromatic carbocycles. The van der Waals surface area contributed by atoms with Crippen molar-refractivity contribution in [2.24, 2.45) is 11.8 Å². The van der Waals surface area contributed by atoms with Gasteiger partial charge in [0.1, 0.15) is 0 Å². The summed E-state index contributed by atoms with van der Waals surface area (Å²) in [6.45, 7) is 1.99. The third-order valence-electron chi connectivity index (χ3n) is 4.05. The first-order valence-electron chi connectivity index (χ1n) is 5.47. The van der Waals surface area contributed by atoms with Crippen molar-refractivity contribution in [3.8, 4) is 0 Å². The lowest BCUT2D eigenvalue weighted by atomic mass is 10.0. The molecule has 76 valence electrons. The molecule has 2 aliphatic carbocycles. The summed E-state index contributed by atoms with van der Waals surface area (Å²) in [6, 6.07) is 0. The lowest BCUT2D eigenvalue weighted by Crippen LogP contribution is -2.10. The van der Waals surface area contributed by atoms with Crippen molar-refractivity contribution >= 4 is 0 Å². The number of nitrogens with one attached hydrogen (secondary N) is 1. The monoisotopic (exact) mass is 192 g/mol. The zero-order valence-electron chi connectivity index (χ0n) is 8.45. The van der Waals surface area contributed by atoms with Crippen LogP contribution in [0.4, 0.5) is 0 Å². The molecule has 2 unspecified atom stereocenters. The van der Waals surface area contributed by atoms with Gasteiger partial charge in [-0.3, -0.25) is 5.10 Å². The molecule has 0 radical (unpaired) electrons. The molecule has 2 saturated carbocycles. The summed E-state index contributed by atoms with van der Waals surface area (Å²) in [4.78, 5) is 0. The number of aromatic amines is 1. The predicted octanol–water partition coefficient (Wildman–Crippen LogP) is 1.73. The molecule has 2 aliphatic rings. The Morgan fingerprint density at radius 1 is 1.43 bits per heavy atom. The number of nitrogens with zero attached hydrogens (tertiary/aromatic N) is 1. The molecule has 1 aromatic rings. The Morgan fingerprint density at radius 3 is 2.57 bits per heavy atom. The molecule has 2 atom stereocenters. The molecule has 2 N–H and O–H groups in total. The number of fused-ring (bicyclic) bond motifs is 1. The second-order valence-corrected chi connectivity index (χ2v) is 4.73. The van der Waals surface area contributed by atoms with E-state index >= 15 is 0 Å². The molecule has 14 heavy (non-hydrogen) atoms. The molecule has 3 heteroatoms. The second-order valence-electron chi connectivity index (χ2n) is 4.73. The van der Waals surface area contributed by atoms with Gasteiger partial charge in [0, 0.05) is 11.3 Å². The van der Waals surface area contributed by atoms with Crippen molar-refractivity contribution in [2.75, 3.05) is 0 Å². The van der Waals surface area contributed by atoms with E-state index in [9.17, 15) is 5.11 Å². The van der Waals surface area contributed by atoms with Crippen LogP contribution in [0.5, 0.6) is 0 Å². The summed E-state index contributed by atoms with van der Waals surface area (Å²) >= 11 is 0. The zero-order chi connectivity index (χ0) is 9.76. The van der Waals surface area contributed by atoms with Gasteiger partial charge in [0.05, 0.1) is 11.8 Å². The van der Waals surface area contributed by atoms with Crippen molar-refractivity contribution in [3.63, 3.8) is 0 Å². The molecular weight excluding hydrogens is 176 g/mol. The molecular formula is C11H16N2O. The highest BCUT2D eigenvalue weighted by Gasteiger charge is 2.65. The molecule has 0 bridgehead atoms. The first kappa shape index (κ1) is 8.48. The molecule has 1 heterocycles. The molecule has 3 nitrogen and oxygen atoms in total. The largest absolute Gasteiger partial charge is 0.384 e. The Kier molecular flexibility index (Phi) is 1.57. The quantitative estimate of drug-likeness (QED) is 0.711. The maximum absolute atomic E-state index is 10.6. The van der Waals surface area contributed by atoms with E-state index in [2.05, 4.69) is 10.2 Å². The average molecular weight is 192 g/mol. The smallest absolute Gasteiger partial charge is 0.0992 e. The summed E-state index contributed by atoms with van der Waals surface area (Å²) in [5, 5.41) is 17.5. The van der Waals surface area contributed by atoms with Crippen LogP contribution >= 0.6 is 0 Å². The van der Waals surface area contributed by atoms with E-state index in [1.807, 2.05) is 6.92 Å². The summed E-state index contributed by atoms with van der Waals surface area (Å²) in [5.41, 5.74) is 1.53. The van der Waals surface area contributed by atoms with Crippen LogP contribution in [0.2, 0.25) is 0 Å². The summed E-state index contributed by atoms with van der Waals surface area (Å²) in [7, 11) is 0. The van der Waals surface area contributed by atoms with Gasteiger partial charge in [0.2, 0.25) is 0 Å². The number of aliphatic hydroxyl groups is 1. The Balaban J connectivity index is 1.96. The Hall–Kier alpha value is -0.830. The topological polar surface area (TPSA) is 48.9 Å². The zero-order valence-corrected chi connectivity index (χ0v) is 8.45. The van der Waals surface area contributed by atoms with Crippen molar-refractivity contribution < 1.29 is 5.11 Å². The predicted molar refractivity (Wildman–Crippen MR) is 52.7 cm³/mol. The van der Waals surface area contributed by atoms with Crippen molar-refractivity contribution in [1.82, 2.24) is 10.2 Å². The van der Waals surface area contributed by atoms with Crippen LogP contribution in [-0.4, -0.2) is 15.3 Å². The molecule has 0 saturated heterocycles. The van der Waals surface area contributed by atoms with Gasteiger partial charge in [-0.1, -0.05) is 12.8 Å². The van der Waals surface area contributed by atoms with Gasteiger partial charge in [0.25, 0.3) is 0 Å². The Labute approximate surface area is 83.5 Å². The lowest BCUT2D eigenvalue weighted by molar-refractivity contribution is 0.117. The molecule has 3 rings (SSSR count). The van der Waals surface area contributed by atoms with Gasteiger partial charge in [0.15, 0.2) is 0 Å². The Bertz CT molecular complexity index is 346. The van der Waals surface area contributed by atoms with E-state index in [4.69, 9.17) is 0 Å². The number of aryl methyl sites for hydroxylation is 1. The fraction of sp³-hybridized carbons (Fsp3) is 0.727. The van der Waals surface area contributed by atoms with Gasteiger partial charge >= 0.3 is 0 Å². The third-order valence-corrected chi connectivity index (χ3v) is 4.05. The number of hydrogen-bond acceptors (Lipinski definition) is 2. The molecule has 0 aliphatic heterocycles. The van der Waals surface area contributed by atoms with Crippen LogP contribution in [0.3, 0.4) is 0 Å². The Morgan fingerprint density at radius 2 is 2.07 bits per heavy atom. The van der Waals surface area contributed by atoms with Gasteiger partial charge in [-0.15, -0.1) is 0 Å². The second kappa shape index (κ2) is 2.60. The maximum Gasteiger partial charge on any atom is 0.0992 e. The molecule has 0 amide bonds. The standard InChI is InChI=1S/C11H16N2O/c1-7-10(6-12-13-7)11(14)8-4-2-3-5-9(8)11/h6,8-9,14H,2-5H2,1H3,(H,12,13). The highest BCUT2D eigenvalue weighted by molar-refractivity contribution is 5.34. The van der Waals surface area contributed by atoms with Crippen molar-refractivity contribution in [3.05, 3.63) is 17.5 Å². The van der Waals surface area contributed by atoms with Crippen LogP contribution in [-0.2, 0) is 5.60 Å². The average Bonchev–Trinajstić information content (AvgIpc) is 2.57. The van der Waals surface area contributed by atoms with Crippen LogP contribution in [0, 0.1) is 18.8 Å². The first-order chi connectivity index (χ1) is 6.74. The highest BCUT2D eigenvalue weighted by atomic mass is 16.3.